The molecule has 1 amide bonds. The van der Waals surface area contributed by atoms with Crippen LogP contribution in [0.15, 0.2) is 84.9 Å². The number of nitrogens with one attached hydrogen (secondary N) is 1. The van der Waals surface area contributed by atoms with Gasteiger partial charge in [-0.05, 0) is 48.1 Å². The SMILES string of the molecule is O=C(O)C(Cc1ccccc1)CC(Cc1ccccc1)C(=O)N[C@@H](Cc1ccc(O)cc1)C(=O)O. The number of carboxylic acids is 2. The maximum atomic E-state index is 13.3. The van der Waals surface area contributed by atoms with E-state index in [9.17, 15) is 29.7 Å². The Kier molecular flexibility index (Phi) is 9.01. The van der Waals surface area contributed by atoms with Crippen molar-refractivity contribution in [2.75, 3.05) is 0 Å². The molecule has 0 heterocycles. The second-order valence-corrected chi connectivity index (χ2v) is 8.62. The van der Waals surface area contributed by atoms with Crippen LogP contribution in [-0.4, -0.2) is 39.2 Å². The first kappa shape index (κ1) is 25.5. The second kappa shape index (κ2) is 12.4. The molecule has 3 aromatic rings. The number of benzene rings is 3. The lowest BCUT2D eigenvalue weighted by Gasteiger charge is -2.23. The molecule has 2 unspecified atom stereocenters. The van der Waals surface area contributed by atoms with Crippen LogP contribution < -0.4 is 5.32 Å². The summed E-state index contributed by atoms with van der Waals surface area (Å²) in [7, 11) is 0. The number of carboxylic acid groups (broad SMARTS) is 2. The van der Waals surface area contributed by atoms with E-state index < -0.39 is 35.7 Å². The fourth-order valence-electron chi connectivity index (χ4n) is 4.05. The van der Waals surface area contributed by atoms with E-state index in [0.717, 1.165) is 11.1 Å². The number of hydrogen-bond donors (Lipinski definition) is 4. The van der Waals surface area contributed by atoms with Crippen LogP contribution in [0.2, 0.25) is 0 Å². The molecule has 0 radical (unpaired) electrons. The molecule has 7 heteroatoms. The molecule has 4 N–H and O–H groups in total. The lowest BCUT2D eigenvalue weighted by atomic mass is 9.85. The Hall–Kier alpha value is -4.13. The van der Waals surface area contributed by atoms with Crippen molar-refractivity contribution in [2.24, 2.45) is 11.8 Å². The van der Waals surface area contributed by atoms with Crippen molar-refractivity contribution in [2.45, 2.75) is 31.7 Å². The summed E-state index contributed by atoms with van der Waals surface area (Å²) < 4.78 is 0. The van der Waals surface area contributed by atoms with Gasteiger partial charge in [-0.25, -0.2) is 4.79 Å². The van der Waals surface area contributed by atoms with Crippen LogP contribution in [0.1, 0.15) is 23.1 Å². The molecular formula is C28H29NO6. The third-order valence-electron chi connectivity index (χ3n) is 5.93. The minimum atomic E-state index is -1.19. The molecule has 0 bridgehead atoms. The predicted molar refractivity (Wildman–Crippen MR) is 131 cm³/mol. The third-order valence-corrected chi connectivity index (χ3v) is 5.93. The quantitative estimate of drug-likeness (QED) is 0.317. The first-order chi connectivity index (χ1) is 16.8. The zero-order valence-electron chi connectivity index (χ0n) is 19.2. The molecule has 0 aliphatic rings. The van der Waals surface area contributed by atoms with Crippen LogP contribution in [0.25, 0.3) is 0 Å². The molecule has 3 rings (SSSR count). The summed E-state index contributed by atoms with van der Waals surface area (Å²) in [4.78, 5) is 37.3. The van der Waals surface area contributed by atoms with Gasteiger partial charge >= 0.3 is 11.9 Å². The number of hydrogen-bond acceptors (Lipinski definition) is 4. The Balaban J connectivity index is 1.79. The number of phenolic OH excluding ortho intramolecular Hbond substituents is 1. The van der Waals surface area contributed by atoms with Gasteiger partial charge in [-0.15, -0.1) is 0 Å². The van der Waals surface area contributed by atoms with E-state index >= 15 is 0 Å². The van der Waals surface area contributed by atoms with E-state index in [1.165, 1.54) is 12.1 Å². The number of amides is 1. The van der Waals surface area contributed by atoms with E-state index in [-0.39, 0.29) is 31.4 Å². The minimum absolute atomic E-state index is 0.0335. The number of carbonyl (C=O) groups is 3. The lowest BCUT2D eigenvalue weighted by Crippen LogP contribution is -2.46. The van der Waals surface area contributed by atoms with Crippen molar-refractivity contribution in [3.8, 4) is 5.75 Å². The Morgan fingerprint density at radius 3 is 1.60 bits per heavy atom. The van der Waals surface area contributed by atoms with Crippen molar-refractivity contribution < 1.29 is 29.7 Å². The third kappa shape index (κ3) is 7.99. The fourth-order valence-corrected chi connectivity index (χ4v) is 4.05. The number of aliphatic carboxylic acids is 2. The number of aromatic hydroxyl groups is 1. The van der Waals surface area contributed by atoms with Gasteiger partial charge in [0.2, 0.25) is 5.91 Å². The highest BCUT2D eigenvalue weighted by molar-refractivity contribution is 5.86. The number of rotatable bonds is 12. The Labute approximate surface area is 204 Å². The Morgan fingerprint density at radius 1 is 0.629 bits per heavy atom. The van der Waals surface area contributed by atoms with Crippen LogP contribution >= 0.6 is 0 Å². The van der Waals surface area contributed by atoms with E-state index in [2.05, 4.69) is 5.32 Å². The van der Waals surface area contributed by atoms with Gasteiger partial charge in [-0.1, -0.05) is 72.8 Å². The van der Waals surface area contributed by atoms with Gasteiger partial charge in [0.15, 0.2) is 0 Å². The topological polar surface area (TPSA) is 124 Å². The normalized spacial score (nSPS) is 13.4. The Morgan fingerprint density at radius 2 is 1.11 bits per heavy atom. The maximum Gasteiger partial charge on any atom is 0.326 e. The molecule has 3 atom stereocenters. The molecule has 7 nitrogen and oxygen atoms in total. The van der Waals surface area contributed by atoms with Gasteiger partial charge in [0.05, 0.1) is 5.92 Å². The van der Waals surface area contributed by atoms with Crippen LogP contribution in [0.5, 0.6) is 5.75 Å². The van der Waals surface area contributed by atoms with Crippen molar-refractivity contribution >= 4 is 17.8 Å². The largest absolute Gasteiger partial charge is 0.508 e. The zero-order chi connectivity index (χ0) is 25.2. The second-order valence-electron chi connectivity index (χ2n) is 8.62. The molecule has 0 fully saturated rings. The lowest BCUT2D eigenvalue weighted by molar-refractivity contribution is -0.144. The summed E-state index contributed by atoms with van der Waals surface area (Å²) in [6.45, 7) is 0. The van der Waals surface area contributed by atoms with Crippen molar-refractivity contribution in [3.05, 3.63) is 102 Å². The molecule has 0 saturated carbocycles. The van der Waals surface area contributed by atoms with Gasteiger partial charge < -0.3 is 20.6 Å². The summed E-state index contributed by atoms with van der Waals surface area (Å²) in [6.07, 6.45) is 0.656. The molecule has 0 aliphatic heterocycles. The molecule has 0 aliphatic carbocycles. The monoisotopic (exact) mass is 475 g/mol. The number of phenols is 1. The van der Waals surface area contributed by atoms with E-state index in [1.54, 1.807) is 12.1 Å². The van der Waals surface area contributed by atoms with Gasteiger partial charge in [0.25, 0.3) is 0 Å². The van der Waals surface area contributed by atoms with Crippen LogP contribution in [-0.2, 0) is 33.6 Å². The van der Waals surface area contributed by atoms with Crippen LogP contribution in [0, 0.1) is 11.8 Å². The van der Waals surface area contributed by atoms with Gasteiger partial charge in [0.1, 0.15) is 11.8 Å². The van der Waals surface area contributed by atoms with Gasteiger partial charge in [0, 0.05) is 12.3 Å². The first-order valence-corrected chi connectivity index (χ1v) is 11.4. The summed E-state index contributed by atoms with van der Waals surface area (Å²) in [5.74, 6) is -4.17. The molecule has 0 aromatic heterocycles. The molecule has 35 heavy (non-hydrogen) atoms. The highest BCUT2D eigenvalue weighted by atomic mass is 16.4. The maximum absolute atomic E-state index is 13.3. The smallest absolute Gasteiger partial charge is 0.326 e. The molecule has 0 spiro atoms. The van der Waals surface area contributed by atoms with Crippen molar-refractivity contribution in [1.82, 2.24) is 5.32 Å². The highest BCUT2D eigenvalue weighted by Gasteiger charge is 2.30. The van der Waals surface area contributed by atoms with Crippen molar-refractivity contribution in [3.63, 3.8) is 0 Å². The zero-order valence-corrected chi connectivity index (χ0v) is 19.2. The predicted octanol–water partition coefficient (Wildman–Crippen LogP) is 3.70. The Bertz CT molecular complexity index is 1120. The van der Waals surface area contributed by atoms with Crippen molar-refractivity contribution in [1.29, 1.82) is 0 Å². The standard InChI is InChI=1S/C28H29NO6/c30-24-13-11-21(12-14-24)17-25(28(34)35)29-26(31)22(15-19-7-3-1-4-8-19)18-23(27(32)33)16-20-9-5-2-6-10-20/h1-14,22-23,25,30H,15-18H2,(H,29,31)(H,32,33)(H,34,35)/t22?,23?,25-/m0/s1. The van der Waals surface area contributed by atoms with Gasteiger partial charge in [-0.3, -0.25) is 9.59 Å². The fraction of sp³-hybridized carbons (Fsp3) is 0.250. The molecule has 3 aromatic carbocycles. The summed E-state index contributed by atoms with van der Waals surface area (Å²) in [5.41, 5.74) is 2.36. The average molecular weight is 476 g/mol. The van der Waals surface area contributed by atoms with Gasteiger partial charge in [-0.2, -0.15) is 0 Å². The summed E-state index contributed by atoms with van der Waals surface area (Å²) in [6, 6.07) is 23.4. The van der Waals surface area contributed by atoms with E-state index in [4.69, 9.17) is 0 Å². The van der Waals surface area contributed by atoms with Crippen LogP contribution in [0.3, 0.4) is 0 Å². The molecular weight excluding hydrogens is 446 g/mol. The van der Waals surface area contributed by atoms with Crippen LogP contribution in [0.4, 0.5) is 0 Å². The summed E-state index contributed by atoms with van der Waals surface area (Å²) in [5, 5.41) is 31.7. The average Bonchev–Trinajstić information content (AvgIpc) is 2.85. The summed E-state index contributed by atoms with van der Waals surface area (Å²) >= 11 is 0. The molecule has 182 valence electrons. The number of carbonyl (C=O) groups excluding carboxylic acids is 1. The van der Waals surface area contributed by atoms with E-state index in [1.807, 2.05) is 60.7 Å². The highest BCUT2D eigenvalue weighted by Crippen LogP contribution is 2.23. The van der Waals surface area contributed by atoms with E-state index in [0.29, 0.717) is 5.56 Å². The molecule has 0 saturated heterocycles. The first-order valence-electron chi connectivity index (χ1n) is 11.4. The minimum Gasteiger partial charge on any atom is -0.508 e.